The zero-order chi connectivity index (χ0) is 13.4. The van der Waals surface area contributed by atoms with Crippen molar-refractivity contribution in [1.82, 2.24) is 9.47 Å². The molecule has 0 amide bonds. The highest BCUT2D eigenvalue weighted by Gasteiger charge is 2.13. The number of fused-ring (bicyclic) bond motifs is 1. The van der Waals surface area contributed by atoms with E-state index in [1.54, 1.807) is 16.8 Å². The molecule has 1 aromatic carbocycles. The van der Waals surface area contributed by atoms with Crippen molar-refractivity contribution in [2.75, 3.05) is 13.6 Å². The van der Waals surface area contributed by atoms with E-state index in [0.29, 0.717) is 5.02 Å². The molecular weight excluding hydrogens is 260 g/mol. The van der Waals surface area contributed by atoms with Crippen LogP contribution in [0.3, 0.4) is 0 Å². The lowest BCUT2D eigenvalue weighted by Gasteiger charge is -2.25. The summed E-state index contributed by atoms with van der Waals surface area (Å²) in [7, 11) is 2.12. The van der Waals surface area contributed by atoms with Gasteiger partial charge in [0.2, 0.25) is 0 Å². The van der Waals surface area contributed by atoms with Crippen molar-refractivity contribution < 1.29 is 0 Å². The van der Waals surface area contributed by atoms with Crippen molar-refractivity contribution in [2.45, 2.75) is 13.0 Å². The second-order valence-electron chi connectivity index (χ2n) is 4.99. The maximum absolute atomic E-state index is 11.9. The third-order valence-corrected chi connectivity index (χ3v) is 3.79. The summed E-state index contributed by atoms with van der Waals surface area (Å²) in [6.45, 7) is 2.03. The van der Waals surface area contributed by atoms with Gasteiger partial charge in [0.25, 0.3) is 5.56 Å². The molecule has 0 N–H and O–H groups in total. The van der Waals surface area contributed by atoms with E-state index >= 15 is 0 Å². The van der Waals surface area contributed by atoms with Gasteiger partial charge in [0, 0.05) is 36.1 Å². The fourth-order valence-electron chi connectivity index (χ4n) is 2.50. The first-order valence-corrected chi connectivity index (χ1v) is 6.70. The lowest BCUT2D eigenvalue weighted by molar-refractivity contribution is 0.313. The quantitative estimate of drug-likeness (QED) is 0.798. The molecule has 19 heavy (non-hydrogen) atoms. The van der Waals surface area contributed by atoms with Crippen molar-refractivity contribution in [2.24, 2.45) is 0 Å². The van der Waals surface area contributed by atoms with Crippen LogP contribution in [-0.4, -0.2) is 23.1 Å². The Morgan fingerprint density at radius 3 is 2.79 bits per heavy atom. The highest BCUT2D eigenvalue weighted by molar-refractivity contribution is 6.30. The summed E-state index contributed by atoms with van der Waals surface area (Å²) in [5, 5.41) is 0.471. The van der Waals surface area contributed by atoms with Crippen LogP contribution in [0.2, 0.25) is 5.02 Å². The van der Waals surface area contributed by atoms with Gasteiger partial charge in [0.05, 0.1) is 0 Å². The number of nitrogens with zero attached hydrogens (tertiary/aromatic N) is 2. The van der Waals surface area contributed by atoms with Crippen LogP contribution >= 0.6 is 11.6 Å². The first-order valence-electron chi connectivity index (χ1n) is 6.32. The number of likely N-dealkylation sites (N-methyl/N-ethyl adjacent to an activating group) is 1. The van der Waals surface area contributed by atoms with Crippen molar-refractivity contribution >= 4 is 11.6 Å². The maximum Gasteiger partial charge on any atom is 0.256 e. The van der Waals surface area contributed by atoms with Crippen LogP contribution in [0, 0.1) is 0 Å². The van der Waals surface area contributed by atoms with Gasteiger partial charge in [0.1, 0.15) is 0 Å². The predicted molar refractivity (Wildman–Crippen MR) is 77.1 cm³/mol. The maximum atomic E-state index is 11.9. The molecule has 2 heterocycles. The third kappa shape index (κ3) is 2.44. The first kappa shape index (κ1) is 12.5. The molecule has 1 aliphatic heterocycles. The van der Waals surface area contributed by atoms with Crippen LogP contribution in [0.4, 0.5) is 0 Å². The van der Waals surface area contributed by atoms with E-state index in [-0.39, 0.29) is 5.56 Å². The fraction of sp³-hybridized carbons (Fsp3) is 0.267. The Balaban J connectivity index is 2.06. The molecule has 0 unspecified atom stereocenters. The molecule has 0 aliphatic carbocycles. The van der Waals surface area contributed by atoms with Gasteiger partial charge in [-0.25, -0.2) is 0 Å². The van der Waals surface area contributed by atoms with E-state index < -0.39 is 0 Å². The number of halogens is 1. The molecule has 0 atom stereocenters. The molecule has 3 rings (SSSR count). The Labute approximate surface area is 117 Å². The molecule has 1 aliphatic rings. The number of aromatic nitrogens is 1. The van der Waals surface area contributed by atoms with Crippen LogP contribution in [0.1, 0.15) is 11.1 Å². The van der Waals surface area contributed by atoms with E-state index in [1.165, 1.54) is 17.2 Å². The summed E-state index contributed by atoms with van der Waals surface area (Å²) in [5.74, 6) is 0. The summed E-state index contributed by atoms with van der Waals surface area (Å²) < 4.78 is 1.63. The second-order valence-corrected chi connectivity index (χ2v) is 5.43. The highest BCUT2D eigenvalue weighted by Crippen LogP contribution is 2.21. The summed E-state index contributed by atoms with van der Waals surface area (Å²) >= 11 is 5.82. The van der Waals surface area contributed by atoms with E-state index in [9.17, 15) is 4.79 Å². The molecule has 3 nitrogen and oxygen atoms in total. The number of hydrogen-bond acceptors (Lipinski definition) is 2. The summed E-state index contributed by atoms with van der Waals surface area (Å²) in [6.07, 6.45) is 2.79. The molecule has 0 radical (unpaired) electrons. The number of rotatable bonds is 1. The predicted octanol–water partition coefficient (Wildman–Crippen LogP) is 2.48. The average molecular weight is 275 g/mol. The molecule has 2 aromatic rings. The van der Waals surface area contributed by atoms with Gasteiger partial charge in [-0.15, -0.1) is 0 Å². The van der Waals surface area contributed by atoms with Gasteiger partial charge >= 0.3 is 0 Å². The first-order chi connectivity index (χ1) is 9.13. The lowest BCUT2D eigenvalue weighted by atomic mass is 9.99. The van der Waals surface area contributed by atoms with Gasteiger partial charge in [-0.2, -0.15) is 0 Å². The number of pyridine rings is 1. The normalized spacial score (nSPS) is 15.3. The van der Waals surface area contributed by atoms with Crippen molar-refractivity contribution in [3.63, 3.8) is 0 Å². The Morgan fingerprint density at radius 1 is 1.16 bits per heavy atom. The van der Waals surface area contributed by atoms with Gasteiger partial charge in [-0.1, -0.05) is 17.7 Å². The van der Waals surface area contributed by atoms with E-state index in [4.69, 9.17) is 11.6 Å². The monoisotopic (exact) mass is 274 g/mol. The fourth-order valence-corrected chi connectivity index (χ4v) is 2.65. The molecular formula is C15H15ClN2O. The van der Waals surface area contributed by atoms with Gasteiger partial charge < -0.3 is 4.90 Å². The minimum Gasteiger partial charge on any atom is -0.302 e. The van der Waals surface area contributed by atoms with Gasteiger partial charge in [-0.05, 0) is 42.8 Å². The van der Waals surface area contributed by atoms with Gasteiger partial charge in [-0.3, -0.25) is 9.36 Å². The van der Waals surface area contributed by atoms with Crippen LogP contribution in [0.5, 0.6) is 0 Å². The smallest absolute Gasteiger partial charge is 0.256 e. The van der Waals surface area contributed by atoms with E-state index in [0.717, 1.165) is 25.2 Å². The standard InChI is InChI=1S/C15H15ClN2O/c1-17-6-4-11-2-3-14(8-12(11)10-17)18-7-5-13(16)9-15(18)19/h2-3,5,7-9H,4,6,10H2,1H3. The van der Waals surface area contributed by atoms with Crippen molar-refractivity contribution in [3.05, 3.63) is 63.0 Å². The van der Waals surface area contributed by atoms with Crippen LogP contribution in [-0.2, 0) is 13.0 Å². The topological polar surface area (TPSA) is 25.2 Å². The Morgan fingerprint density at radius 2 is 2.00 bits per heavy atom. The molecule has 0 saturated carbocycles. The number of benzene rings is 1. The third-order valence-electron chi connectivity index (χ3n) is 3.55. The van der Waals surface area contributed by atoms with E-state index in [1.807, 2.05) is 6.07 Å². The Hall–Kier alpha value is -1.58. The molecule has 4 heteroatoms. The van der Waals surface area contributed by atoms with Crippen LogP contribution < -0.4 is 5.56 Å². The zero-order valence-electron chi connectivity index (χ0n) is 10.8. The zero-order valence-corrected chi connectivity index (χ0v) is 11.5. The molecule has 1 aromatic heterocycles. The Kier molecular flexibility index (Phi) is 3.17. The Bertz CT molecular complexity index is 678. The minimum atomic E-state index is -0.100. The largest absolute Gasteiger partial charge is 0.302 e. The SMILES string of the molecule is CN1CCc2ccc(-n3ccc(Cl)cc3=O)cc2C1. The summed E-state index contributed by atoms with van der Waals surface area (Å²) in [4.78, 5) is 14.2. The van der Waals surface area contributed by atoms with Gasteiger partial charge in [0.15, 0.2) is 0 Å². The molecule has 0 saturated heterocycles. The van der Waals surface area contributed by atoms with Crippen LogP contribution in [0.25, 0.3) is 5.69 Å². The highest BCUT2D eigenvalue weighted by atomic mass is 35.5. The van der Waals surface area contributed by atoms with Crippen molar-refractivity contribution in [1.29, 1.82) is 0 Å². The number of hydrogen-bond donors (Lipinski definition) is 0. The second kappa shape index (κ2) is 4.83. The van der Waals surface area contributed by atoms with Crippen LogP contribution in [0.15, 0.2) is 41.3 Å². The summed E-state index contributed by atoms with van der Waals surface area (Å²) in [5.41, 5.74) is 3.48. The molecule has 0 fully saturated rings. The lowest BCUT2D eigenvalue weighted by Crippen LogP contribution is -2.27. The molecule has 0 spiro atoms. The molecule has 98 valence electrons. The minimum absolute atomic E-state index is 0.100. The molecule has 0 bridgehead atoms. The average Bonchev–Trinajstić information content (AvgIpc) is 2.38. The van der Waals surface area contributed by atoms with Crippen molar-refractivity contribution in [3.8, 4) is 5.69 Å². The summed E-state index contributed by atoms with van der Waals surface area (Å²) in [6, 6.07) is 9.39. The van der Waals surface area contributed by atoms with E-state index in [2.05, 4.69) is 24.1 Å².